The van der Waals surface area contributed by atoms with Crippen molar-refractivity contribution >= 4 is 33.3 Å². The second-order valence-electron chi connectivity index (χ2n) is 4.11. The molecule has 1 unspecified atom stereocenters. The molecule has 0 bridgehead atoms. The van der Waals surface area contributed by atoms with Gasteiger partial charge in [-0.2, -0.15) is 0 Å². The van der Waals surface area contributed by atoms with E-state index in [1.165, 1.54) is 15.5 Å². The van der Waals surface area contributed by atoms with Crippen LogP contribution in [-0.2, 0) is 0 Å². The number of thioether (sulfide) groups is 1. The predicted octanol–water partition coefficient (Wildman–Crippen LogP) is 3.78. The molecule has 0 aliphatic rings. The lowest BCUT2D eigenvalue weighted by atomic mass is 10.3. The zero-order valence-corrected chi connectivity index (χ0v) is 11.9. The summed E-state index contributed by atoms with van der Waals surface area (Å²) in [6.45, 7) is 5.53. The van der Waals surface area contributed by atoms with Crippen molar-refractivity contribution in [2.75, 3.05) is 12.3 Å². The maximum absolute atomic E-state index is 4.62. The molecule has 2 aromatic rings. The fourth-order valence-electron chi connectivity index (χ4n) is 1.56. The molecule has 2 nitrogen and oxygen atoms in total. The van der Waals surface area contributed by atoms with Gasteiger partial charge in [0, 0.05) is 11.8 Å². The van der Waals surface area contributed by atoms with Gasteiger partial charge in [-0.3, -0.25) is 0 Å². The first-order chi connectivity index (χ1) is 8.29. The summed E-state index contributed by atoms with van der Waals surface area (Å²) in [6, 6.07) is 8.87. The molecular weight excluding hydrogens is 248 g/mol. The summed E-state index contributed by atoms with van der Waals surface area (Å²) < 4.78 is 2.46. The Balaban J connectivity index is 1.90. The molecule has 0 fully saturated rings. The monoisotopic (exact) mass is 266 g/mol. The Kier molecular flexibility index (Phi) is 4.83. The van der Waals surface area contributed by atoms with Gasteiger partial charge in [-0.15, -0.1) is 11.3 Å². The number of benzene rings is 1. The number of aromatic nitrogens is 1. The third-order valence-corrected chi connectivity index (χ3v) is 4.91. The smallest absolute Gasteiger partial charge is 0.151 e. The summed E-state index contributed by atoms with van der Waals surface area (Å²) in [4.78, 5) is 4.62. The molecule has 0 saturated heterocycles. The van der Waals surface area contributed by atoms with Gasteiger partial charge in [-0.25, -0.2) is 4.98 Å². The standard InChI is InChI=1S/C13H18N2S2/c1-3-8-14-10(2)9-16-13-15-11-6-4-5-7-12(11)17-13/h4-7,10,14H,3,8-9H2,1-2H3. The number of nitrogens with one attached hydrogen (secondary N) is 1. The molecule has 0 aliphatic carbocycles. The van der Waals surface area contributed by atoms with E-state index in [1.54, 1.807) is 11.3 Å². The summed E-state index contributed by atoms with van der Waals surface area (Å²) in [5.41, 5.74) is 1.12. The van der Waals surface area contributed by atoms with Crippen LogP contribution in [0.25, 0.3) is 10.2 Å². The lowest BCUT2D eigenvalue weighted by Gasteiger charge is -2.10. The van der Waals surface area contributed by atoms with E-state index in [-0.39, 0.29) is 0 Å². The van der Waals surface area contributed by atoms with Crippen LogP contribution in [0.1, 0.15) is 20.3 Å². The molecule has 1 N–H and O–H groups in total. The third kappa shape index (κ3) is 3.69. The van der Waals surface area contributed by atoms with Crippen LogP contribution in [-0.4, -0.2) is 23.3 Å². The highest BCUT2D eigenvalue weighted by Crippen LogP contribution is 2.29. The minimum absolute atomic E-state index is 0.548. The van der Waals surface area contributed by atoms with Crippen molar-refractivity contribution in [3.05, 3.63) is 24.3 Å². The Hall–Kier alpha value is -0.580. The first-order valence-electron chi connectivity index (χ1n) is 6.01. The van der Waals surface area contributed by atoms with Gasteiger partial charge in [0.05, 0.1) is 10.2 Å². The van der Waals surface area contributed by atoms with Crippen LogP contribution in [0.3, 0.4) is 0 Å². The summed E-state index contributed by atoms with van der Waals surface area (Å²) in [5, 5.41) is 3.49. The predicted molar refractivity (Wildman–Crippen MR) is 78.1 cm³/mol. The number of hydrogen-bond acceptors (Lipinski definition) is 4. The largest absolute Gasteiger partial charge is 0.313 e. The van der Waals surface area contributed by atoms with Gasteiger partial charge in [0.2, 0.25) is 0 Å². The minimum atomic E-state index is 0.548. The topological polar surface area (TPSA) is 24.9 Å². The highest BCUT2D eigenvalue weighted by Gasteiger charge is 2.06. The van der Waals surface area contributed by atoms with Gasteiger partial charge in [0.1, 0.15) is 0 Å². The second-order valence-corrected chi connectivity index (χ2v) is 6.41. The number of thiazole rings is 1. The van der Waals surface area contributed by atoms with Crippen LogP contribution in [0.2, 0.25) is 0 Å². The van der Waals surface area contributed by atoms with E-state index in [1.807, 2.05) is 17.8 Å². The van der Waals surface area contributed by atoms with Gasteiger partial charge >= 0.3 is 0 Å². The van der Waals surface area contributed by atoms with Crippen LogP contribution in [0.15, 0.2) is 28.6 Å². The highest BCUT2D eigenvalue weighted by molar-refractivity contribution is 8.01. The van der Waals surface area contributed by atoms with Crippen molar-refractivity contribution < 1.29 is 0 Å². The Morgan fingerprint density at radius 3 is 3.00 bits per heavy atom. The lowest BCUT2D eigenvalue weighted by Crippen LogP contribution is -2.28. The van der Waals surface area contributed by atoms with Gasteiger partial charge in [-0.1, -0.05) is 30.8 Å². The number of para-hydroxylation sites is 1. The van der Waals surface area contributed by atoms with Crippen molar-refractivity contribution in [2.45, 2.75) is 30.6 Å². The summed E-state index contributed by atoms with van der Waals surface area (Å²) in [6.07, 6.45) is 1.19. The molecule has 4 heteroatoms. The highest BCUT2D eigenvalue weighted by atomic mass is 32.2. The maximum Gasteiger partial charge on any atom is 0.151 e. The van der Waals surface area contributed by atoms with Gasteiger partial charge < -0.3 is 5.32 Å². The van der Waals surface area contributed by atoms with E-state index in [0.29, 0.717) is 6.04 Å². The minimum Gasteiger partial charge on any atom is -0.313 e. The molecule has 0 saturated carbocycles. The summed E-state index contributed by atoms with van der Waals surface area (Å²) in [5.74, 6) is 1.08. The van der Waals surface area contributed by atoms with Crippen LogP contribution in [0, 0.1) is 0 Å². The van der Waals surface area contributed by atoms with Crippen molar-refractivity contribution in [3.8, 4) is 0 Å². The molecule has 1 heterocycles. The van der Waals surface area contributed by atoms with Gasteiger partial charge in [0.15, 0.2) is 4.34 Å². The second kappa shape index (κ2) is 6.38. The van der Waals surface area contributed by atoms with E-state index in [4.69, 9.17) is 0 Å². The maximum atomic E-state index is 4.62. The fraction of sp³-hybridized carbons (Fsp3) is 0.462. The molecule has 1 aromatic carbocycles. The van der Waals surface area contributed by atoms with E-state index in [9.17, 15) is 0 Å². The van der Waals surface area contributed by atoms with Gasteiger partial charge in [0.25, 0.3) is 0 Å². The van der Waals surface area contributed by atoms with E-state index >= 15 is 0 Å². The normalized spacial score (nSPS) is 13.1. The SMILES string of the molecule is CCCNC(C)CSc1nc2ccccc2s1. The number of hydrogen-bond donors (Lipinski definition) is 1. The lowest BCUT2D eigenvalue weighted by molar-refractivity contribution is 0.590. The molecule has 1 aromatic heterocycles. The van der Waals surface area contributed by atoms with Crippen molar-refractivity contribution in [1.82, 2.24) is 10.3 Å². The van der Waals surface area contributed by atoms with E-state index in [0.717, 1.165) is 17.8 Å². The molecule has 0 spiro atoms. The average molecular weight is 266 g/mol. The Morgan fingerprint density at radius 1 is 1.41 bits per heavy atom. The number of nitrogens with zero attached hydrogens (tertiary/aromatic N) is 1. The fourth-order valence-corrected chi connectivity index (χ4v) is 3.64. The summed E-state index contributed by atoms with van der Waals surface area (Å²) in [7, 11) is 0. The van der Waals surface area contributed by atoms with Crippen LogP contribution in [0.5, 0.6) is 0 Å². The summed E-state index contributed by atoms with van der Waals surface area (Å²) >= 11 is 3.64. The molecule has 2 rings (SSSR count). The number of rotatable bonds is 6. The molecule has 17 heavy (non-hydrogen) atoms. The Bertz CT molecular complexity index is 434. The molecule has 0 aliphatic heterocycles. The average Bonchev–Trinajstić information content (AvgIpc) is 2.76. The third-order valence-electron chi connectivity index (χ3n) is 2.47. The van der Waals surface area contributed by atoms with E-state index < -0.39 is 0 Å². The van der Waals surface area contributed by atoms with Crippen molar-refractivity contribution in [3.63, 3.8) is 0 Å². The Labute approximate surface area is 111 Å². The number of fused-ring (bicyclic) bond motifs is 1. The molecular formula is C13H18N2S2. The molecule has 1 atom stereocenters. The zero-order valence-electron chi connectivity index (χ0n) is 10.3. The molecule has 0 radical (unpaired) electrons. The van der Waals surface area contributed by atoms with Crippen molar-refractivity contribution in [2.24, 2.45) is 0 Å². The quantitative estimate of drug-likeness (QED) is 0.806. The van der Waals surface area contributed by atoms with E-state index in [2.05, 4.69) is 42.3 Å². The van der Waals surface area contributed by atoms with Crippen LogP contribution in [0.4, 0.5) is 0 Å². The first-order valence-corrected chi connectivity index (χ1v) is 7.81. The van der Waals surface area contributed by atoms with Crippen molar-refractivity contribution in [1.29, 1.82) is 0 Å². The van der Waals surface area contributed by atoms with Crippen LogP contribution < -0.4 is 5.32 Å². The first kappa shape index (κ1) is 12.9. The van der Waals surface area contributed by atoms with Gasteiger partial charge in [-0.05, 0) is 32.0 Å². The Morgan fingerprint density at radius 2 is 2.24 bits per heavy atom. The molecule has 0 amide bonds. The zero-order chi connectivity index (χ0) is 12.1. The molecule has 92 valence electrons. The van der Waals surface area contributed by atoms with Crippen LogP contribution >= 0.6 is 23.1 Å².